The van der Waals surface area contributed by atoms with Gasteiger partial charge in [-0.15, -0.1) is 0 Å². The Bertz CT molecular complexity index is 1060. The second kappa shape index (κ2) is 10.1. The summed E-state index contributed by atoms with van der Waals surface area (Å²) in [5.41, 5.74) is 5.11. The highest BCUT2D eigenvalue weighted by Gasteiger charge is 2.21. The molecule has 4 rings (SSSR count). The highest BCUT2D eigenvalue weighted by molar-refractivity contribution is 5.68. The van der Waals surface area contributed by atoms with E-state index in [1.54, 1.807) is 19.2 Å². The van der Waals surface area contributed by atoms with Crippen LogP contribution in [0.2, 0.25) is 0 Å². The van der Waals surface area contributed by atoms with E-state index in [9.17, 15) is 4.39 Å². The lowest BCUT2D eigenvalue weighted by molar-refractivity contribution is 0.150. The summed E-state index contributed by atoms with van der Waals surface area (Å²) in [4.78, 5) is 11.4. The molecule has 5 nitrogen and oxygen atoms in total. The Morgan fingerprint density at radius 3 is 2.66 bits per heavy atom. The maximum absolute atomic E-state index is 13.3. The number of nitrogens with zero attached hydrogens (tertiary/aromatic N) is 3. The van der Waals surface area contributed by atoms with Crippen LogP contribution < -0.4 is 9.47 Å². The first-order valence-corrected chi connectivity index (χ1v) is 11.2. The molecule has 2 heterocycles. The van der Waals surface area contributed by atoms with Crippen molar-refractivity contribution < 1.29 is 13.9 Å². The molecule has 0 radical (unpaired) electrons. The molecule has 3 aromatic rings. The van der Waals surface area contributed by atoms with Crippen LogP contribution >= 0.6 is 0 Å². The second-order valence-electron chi connectivity index (χ2n) is 8.39. The van der Waals surface area contributed by atoms with E-state index in [-0.39, 0.29) is 5.82 Å². The van der Waals surface area contributed by atoms with E-state index in [0.717, 1.165) is 40.9 Å². The van der Waals surface area contributed by atoms with Crippen molar-refractivity contribution in [2.75, 3.05) is 13.7 Å². The molecule has 32 heavy (non-hydrogen) atoms. The number of rotatable bonds is 7. The molecule has 0 amide bonds. The maximum atomic E-state index is 13.3. The molecule has 1 aromatic heterocycles. The molecule has 1 fully saturated rings. The van der Waals surface area contributed by atoms with Crippen molar-refractivity contribution in [3.05, 3.63) is 71.2 Å². The summed E-state index contributed by atoms with van der Waals surface area (Å²) in [5, 5.41) is 0. The summed E-state index contributed by atoms with van der Waals surface area (Å²) in [5.74, 6) is 0.319. The first kappa shape index (κ1) is 22.2. The molecular weight excluding hydrogens is 405 g/mol. The van der Waals surface area contributed by atoms with Crippen LogP contribution in [0.3, 0.4) is 0 Å². The van der Waals surface area contributed by atoms with E-state index in [4.69, 9.17) is 9.47 Å². The molecule has 0 aliphatic carbocycles. The van der Waals surface area contributed by atoms with Gasteiger partial charge in [0.15, 0.2) is 0 Å². The third kappa shape index (κ3) is 5.07. The predicted molar refractivity (Wildman–Crippen MR) is 123 cm³/mol. The smallest absolute Gasteiger partial charge is 0.320 e. The lowest BCUT2D eigenvalue weighted by Crippen LogP contribution is -2.36. The fourth-order valence-electron chi connectivity index (χ4n) is 4.27. The Morgan fingerprint density at radius 2 is 1.91 bits per heavy atom. The molecule has 0 saturated carbocycles. The van der Waals surface area contributed by atoms with Crippen LogP contribution in [-0.4, -0.2) is 34.6 Å². The Labute approximate surface area is 189 Å². The Kier molecular flexibility index (Phi) is 7.00. The topological polar surface area (TPSA) is 47.5 Å². The molecule has 168 valence electrons. The molecule has 0 spiro atoms. The van der Waals surface area contributed by atoms with Gasteiger partial charge in [0, 0.05) is 24.3 Å². The summed E-state index contributed by atoms with van der Waals surface area (Å²) >= 11 is 0. The van der Waals surface area contributed by atoms with E-state index >= 15 is 0 Å². The summed E-state index contributed by atoms with van der Waals surface area (Å²) in [6, 6.07) is 13.4. The van der Waals surface area contributed by atoms with Crippen molar-refractivity contribution >= 4 is 0 Å². The standard InChI is InChI=1S/C26H30FN3O2/c1-18-7-4-5-14-30(18)16-22-15-28-26(29-25(22)31-3)32-17-21-8-6-9-24(19(21)2)20-10-12-23(27)13-11-20/h6,8-13,15,18H,4-5,7,14,16-17H2,1-3H3/t18-/m1/s1. The maximum Gasteiger partial charge on any atom is 0.320 e. The van der Waals surface area contributed by atoms with E-state index in [0.29, 0.717) is 24.5 Å². The van der Waals surface area contributed by atoms with Crippen LogP contribution in [0.15, 0.2) is 48.7 Å². The minimum absolute atomic E-state index is 0.241. The van der Waals surface area contributed by atoms with Crippen molar-refractivity contribution in [2.45, 2.75) is 52.3 Å². The van der Waals surface area contributed by atoms with Crippen molar-refractivity contribution in [2.24, 2.45) is 0 Å². The first-order chi connectivity index (χ1) is 15.5. The van der Waals surface area contributed by atoms with Crippen LogP contribution in [-0.2, 0) is 13.2 Å². The van der Waals surface area contributed by atoms with Crippen LogP contribution in [0.4, 0.5) is 4.39 Å². The summed E-state index contributed by atoms with van der Waals surface area (Å²) in [6.45, 7) is 6.52. The molecule has 1 aliphatic heterocycles. The zero-order valence-electron chi connectivity index (χ0n) is 19.0. The van der Waals surface area contributed by atoms with E-state index in [1.165, 1.54) is 31.4 Å². The summed E-state index contributed by atoms with van der Waals surface area (Å²) < 4.78 is 24.7. The zero-order chi connectivity index (χ0) is 22.5. The van der Waals surface area contributed by atoms with Gasteiger partial charge < -0.3 is 9.47 Å². The Balaban J connectivity index is 1.47. The third-order valence-corrected chi connectivity index (χ3v) is 6.27. The largest absolute Gasteiger partial charge is 0.481 e. The van der Waals surface area contributed by atoms with Gasteiger partial charge in [0.25, 0.3) is 0 Å². The predicted octanol–water partition coefficient (Wildman–Crippen LogP) is 5.55. The molecule has 0 N–H and O–H groups in total. The molecule has 0 bridgehead atoms. The number of aromatic nitrogens is 2. The average molecular weight is 436 g/mol. The van der Waals surface area contributed by atoms with Gasteiger partial charge in [-0.2, -0.15) is 4.98 Å². The number of benzene rings is 2. The van der Waals surface area contributed by atoms with Gasteiger partial charge in [-0.05, 0) is 67.6 Å². The molecular formula is C26H30FN3O2. The number of likely N-dealkylation sites (tertiary alicyclic amines) is 1. The zero-order valence-corrected chi connectivity index (χ0v) is 19.0. The number of hydrogen-bond acceptors (Lipinski definition) is 5. The number of piperidine rings is 1. The van der Waals surface area contributed by atoms with Gasteiger partial charge in [0.1, 0.15) is 12.4 Å². The van der Waals surface area contributed by atoms with Gasteiger partial charge in [-0.25, -0.2) is 9.37 Å². The van der Waals surface area contributed by atoms with Crippen LogP contribution in [0.1, 0.15) is 42.9 Å². The van der Waals surface area contributed by atoms with Gasteiger partial charge >= 0.3 is 6.01 Å². The van der Waals surface area contributed by atoms with Crippen LogP contribution in [0.25, 0.3) is 11.1 Å². The monoisotopic (exact) mass is 435 g/mol. The average Bonchev–Trinajstić information content (AvgIpc) is 2.81. The normalized spacial score (nSPS) is 16.7. The van der Waals surface area contributed by atoms with Gasteiger partial charge in [0.05, 0.1) is 7.11 Å². The van der Waals surface area contributed by atoms with Crippen molar-refractivity contribution in [3.63, 3.8) is 0 Å². The van der Waals surface area contributed by atoms with Gasteiger partial charge in [-0.3, -0.25) is 4.90 Å². The van der Waals surface area contributed by atoms with E-state index in [2.05, 4.69) is 21.8 Å². The highest BCUT2D eigenvalue weighted by atomic mass is 19.1. The highest BCUT2D eigenvalue weighted by Crippen LogP contribution is 2.27. The van der Waals surface area contributed by atoms with E-state index in [1.807, 2.05) is 31.3 Å². The quantitative estimate of drug-likeness (QED) is 0.487. The lowest BCUT2D eigenvalue weighted by atomic mass is 9.97. The molecule has 2 aromatic carbocycles. The number of halogens is 1. The lowest BCUT2D eigenvalue weighted by Gasteiger charge is -2.33. The van der Waals surface area contributed by atoms with Crippen molar-refractivity contribution in [1.82, 2.24) is 14.9 Å². The molecule has 0 unspecified atom stereocenters. The van der Waals surface area contributed by atoms with Crippen LogP contribution in [0.5, 0.6) is 11.9 Å². The summed E-state index contributed by atoms with van der Waals surface area (Å²) in [7, 11) is 1.63. The van der Waals surface area contributed by atoms with Crippen molar-refractivity contribution in [1.29, 1.82) is 0 Å². The van der Waals surface area contributed by atoms with Gasteiger partial charge in [0.2, 0.25) is 5.88 Å². The third-order valence-electron chi connectivity index (χ3n) is 6.27. The number of ether oxygens (including phenoxy) is 2. The molecule has 1 atom stereocenters. The fraction of sp³-hybridized carbons (Fsp3) is 0.385. The molecule has 6 heteroatoms. The van der Waals surface area contributed by atoms with E-state index < -0.39 is 0 Å². The van der Waals surface area contributed by atoms with Crippen LogP contribution in [0, 0.1) is 12.7 Å². The molecule has 1 saturated heterocycles. The van der Waals surface area contributed by atoms with Crippen molar-refractivity contribution in [3.8, 4) is 23.0 Å². The second-order valence-corrected chi connectivity index (χ2v) is 8.39. The Hall–Kier alpha value is -2.99. The first-order valence-electron chi connectivity index (χ1n) is 11.2. The van der Waals surface area contributed by atoms with Gasteiger partial charge in [-0.1, -0.05) is 36.8 Å². The SMILES string of the molecule is COc1nc(OCc2cccc(-c3ccc(F)cc3)c2C)ncc1CN1CCCC[C@H]1C. The minimum atomic E-state index is -0.241. The Morgan fingerprint density at radius 1 is 1.09 bits per heavy atom. The fourth-order valence-corrected chi connectivity index (χ4v) is 4.27. The number of methoxy groups -OCH3 is 1. The molecule has 1 aliphatic rings. The number of hydrogen-bond donors (Lipinski definition) is 0. The summed E-state index contributed by atoms with van der Waals surface area (Å²) in [6.07, 6.45) is 5.55. The minimum Gasteiger partial charge on any atom is -0.481 e.